The molecule has 0 radical (unpaired) electrons. The van der Waals surface area contributed by atoms with Crippen molar-refractivity contribution in [2.75, 3.05) is 39.8 Å². The number of hydrogen-bond donors (Lipinski definition) is 4. The normalized spacial score (nSPS) is 46.2. The van der Waals surface area contributed by atoms with Gasteiger partial charge in [0.15, 0.2) is 18.7 Å². The molecule has 0 saturated carbocycles. The van der Waals surface area contributed by atoms with Gasteiger partial charge in [-0.2, -0.15) is 11.8 Å². The minimum absolute atomic E-state index is 0.109. The van der Waals surface area contributed by atoms with E-state index >= 15 is 0 Å². The number of methoxy groups -OCH3 is 2. The second kappa shape index (κ2) is 20.6. The van der Waals surface area contributed by atoms with Crippen molar-refractivity contribution in [2.24, 2.45) is 22.7 Å². The summed E-state index contributed by atoms with van der Waals surface area (Å²) in [4.78, 5) is 35.1. The van der Waals surface area contributed by atoms with Gasteiger partial charge in [0.05, 0.1) is 53.6 Å². The highest BCUT2D eigenvalue weighted by molar-refractivity contribution is 7.98. The number of aliphatic imine (C=N–C) groups is 1. The van der Waals surface area contributed by atoms with E-state index < -0.39 is 102 Å². The van der Waals surface area contributed by atoms with Crippen molar-refractivity contribution < 1.29 is 62.8 Å². The molecule has 16 nitrogen and oxygen atoms in total. The lowest BCUT2D eigenvalue weighted by molar-refractivity contribution is -0.315. The number of cyclic esters (lactones) is 1. The Morgan fingerprint density at radius 2 is 1.61 bits per heavy atom. The molecule has 342 valence electrons. The number of aliphatic hydroxyl groups excluding tert-OH is 2. The van der Waals surface area contributed by atoms with E-state index in [4.69, 9.17) is 42.9 Å². The van der Waals surface area contributed by atoms with Gasteiger partial charge >= 0.3 is 5.97 Å². The summed E-state index contributed by atoms with van der Waals surface area (Å²) in [7, 11) is 5.03. The minimum Gasteiger partial charge on any atom is -0.459 e. The van der Waals surface area contributed by atoms with Gasteiger partial charge in [-0.1, -0.05) is 20.8 Å². The second-order valence-corrected chi connectivity index (χ2v) is 19.0. The lowest BCUT2D eigenvalue weighted by atomic mass is 9.77. The lowest BCUT2D eigenvalue weighted by Crippen LogP contribution is -2.60. The summed E-state index contributed by atoms with van der Waals surface area (Å²) in [5.41, 5.74) is -4.20. The van der Waals surface area contributed by atoms with Crippen LogP contribution in [0.2, 0.25) is 0 Å². The highest BCUT2D eigenvalue weighted by Gasteiger charge is 2.55. The van der Waals surface area contributed by atoms with Crippen LogP contribution in [-0.2, 0) is 47.5 Å². The topological polar surface area (TPSA) is 196 Å². The summed E-state index contributed by atoms with van der Waals surface area (Å²) in [5, 5.41) is 37.0. The predicted molar refractivity (Wildman–Crippen MR) is 223 cm³/mol. The second-order valence-electron chi connectivity index (χ2n) is 18.0. The zero-order valence-electron chi connectivity index (χ0n) is 37.8. The number of rotatable bonds is 11. The zero-order chi connectivity index (χ0) is 44.2. The molecule has 4 saturated heterocycles. The smallest absolute Gasteiger partial charge is 0.311 e. The van der Waals surface area contributed by atoms with Gasteiger partial charge in [0.1, 0.15) is 23.9 Å². The average Bonchev–Trinajstić information content (AvgIpc) is 3.51. The van der Waals surface area contributed by atoms with Crippen LogP contribution in [0.5, 0.6) is 0 Å². The molecule has 4 aliphatic heterocycles. The van der Waals surface area contributed by atoms with Crippen LogP contribution in [0.3, 0.4) is 0 Å². The number of amidine groups is 1. The van der Waals surface area contributed by atoms with Crippen LogP contribution in [0.4, 0.5) is 0 Å². The Balaban J connectivity index is 1.84. The van der Waals surface area contributed by atoms with E-state index in [1.807, 2.05) is 32.7 Å². The van der Waals surface area contributed by atoms with Gasteiger partial charge in [0.2, 0.25) is 5.91 Å². The molecule has 4 aliphatic rings. The number of nitrogens with zero attached hydrogens (tertiary/aromatic N) is 2. The van der Waals surface area contributed by atoms with Gasteiger partial charge in [0, 0.05) is 46.1 Å². The van der Waals surface area contributed by atoms with E-state index in [9.17, 15) is 24.9 Å². The van der Waals surface area contributed by atoms with Crippen molar-refractivity contribution in [3.63, 3.8) is 0 Å². The largest absolute Gasteiger partial charge is 0.459 e. The third-order valence-corrected chi connectivity index (χ3v) is 14.0. The molecule has 4 N–H and O–H groups in total. The Morgan fingerprint density at radius 1 is 0.949 bits per heavy atom. The summed E-state index contributed by atoms with van der Waals surface area (Å²) in [6, 6.07) is -0.504. The lowest BCUT2D eigenvalue weighted by Gasteiger charge is -2.49. The van der Waals surface area contributed by atoms with Crippen LogP contribution in [-0.4, -0.2) is 168 Å². The minimum atomic E-state index is -1.94. The average molecular weight is 862 g/mol. The first kappa shape index (κ1) is 49.9. The van der Waals surface area contributed by atoms with E-state index in [1.54, 1.807) is 60.4 Å². The summed E-state index contributed by atoms with van der Waals surface area (Å²) >= 11 is 1.77. The third kappa shape index (κ3) is 11.1. The first-order valence-electron chi connectivity index (χ1n) is 21.3. The monoisotopic (exact) mass is 862 g/mol. The molecule has 1 amide bonds. The number of ether oxygens (including phenoxy) is 8. The highest BCUT2D eigenvalue weighted by Crippen LogP contribution is 2.42. The molecule has 0 bridgehead atoms. The summed E-state index contributed by atoms with van der Waals surface area (Å²) in [6.07, 6.45) is -4.78. The van der Waals surface area contributed by atoms with E-state index in [0.29, 0.717) is 19.0 Å². The maximum atomic E-state index is 14.4. The quantitative estimate of drug-likeness (QED) is 0.175. The Kier molecular flexibility index (Phi) is 17.4. The van der Waals surface area contributed by atoms with Gasteiger partial charge < -0.3 is 63.4 Å². The van der Waals surface area contributed by atoms with Gasteiger partial charge in [-0.05, 0) is 86.2 Å². The summed E-state index contributed by atoms with van der Waals surface area (Å²) < 4.78 is 51.6. The van der Waals surface area contributed by atoms with Gasteiger partial charge in [-0.3, -0.25) is 9.59 Å². The van der Waals surface area contributed by atoms with Gasteiger partial charge in [-0.25, -0.2) is 4.99 Å². The van der Waals surface area contributed by atoms with Crippen LogP contribution in [0.15, 0.2) is 4.99 Å². The number of likely N-dealkylation sites (N-methyl/N-ethyl adjacent to an activating group) is 1. The highest BCUT2D eigenvalue weighted by atomic mass is 32.2. The zero-order valence-corrected chi connectivity index (χ0v) is 38.7. The maximum absolute atomic E-state index is 14.4. The predicted octanol–water partition coefficient (Wildman–Crippen LogP) is 3.26. The van der Waals surface area contributed by atoms with Crippen molar-refractivity contribution in [3.8, 4) is 0 Å². The Hall–Kier alpha value is -1.80. The molecule has 4 fully saturated rings. The molecular weight excluding hydrogens is 787 g/mol. The number of fused-ring (bicyclic) bond motifs is 1. The van der Waals surface area contributed by atoms with Crippen LogP contribution in [0.25, 0.3) is 0 Å². The molecule has 0 spiro atoms. The van der Waals surface area contributed by atoms with Crippen LogP contribution >= 0.6 is 11.8 Å². The molecule has 4 heterocycles. The fourth-order valence-electron chi connectivity index (χ4n) is 9.28. The molecule has 0 aromatic rings. The van der Waals surface area contributed by atoms with Crippen molar-refractivity contribution in [1.29, 1.82) is 0 Å². The van der Waals surface area contributed by atoms with Crippen molar-refractivity contribution >= 4 is 29.7 Å². The van der Waals surface area contributed by atoms with Crippen molar-refractivity contribution in [1.82, 2.24) is 10.2 Å². The Labute approximate surface area is 356 Å². The van der Waals surface area contributed by atoms with Gasteiger partial charge in [0.25, 0.3) is 6.02 Å². The molecular formula is C42H75N3O13S. The first-order chi connectivity index (χ1) is 27.6. The summed E-state index contributed by atoms with van der Waals surface area (Å²) in [6.45, 7) is 18.0. The fourth-order valence-corrected chi connectivity index (χ4v) is 9.70. The number of esters is 1. The van der Waals surface area contributed by atoms with Crippen molar-refractivity contribution in [3.05, 3.63) is 0 Å². The maximum Gasteiger partial charge on any atom is 0.311 e. The number of hydrogen-bond acceptors (Lipinski definition) is 15. The third-order valence-electron chi connectivity index (χ3n) is 13.3. The molecule has 4 rings (SSSR count). The molecule has 59 heavy (non-hydrogen) atoms. The number of carbonyl (C=O) groups excluding carboxylic acids is 2. The van der Waals surface area contributed by atoms with Crippen LogP contribution < -0.4 is 5.32 Å². The molecule has 0 unspecified atom stereocenters. The SMILES string of the molecule is CC[C@H]1OC(=O)[C@H](C)[C@@H](O[C@H]2C[C@@](C)(OC)[C@@H](O)[C@H](C)O2)[C@H](C)[C@@H](O[C@@H]2O[C@H](C)C[C@H]3[C@H]2OC(=NCCCSC)N3C)[C@](C)(OC)C[C@@H](C)C(=O)N[C@H](C)[C@@H](O)[C@]1(C)O. The number of nitrogens with one attached hydrogen (secondary N) is 1. The van der Waals surface area contributed by atoms with Crippen molar-refractivity contribution in [2.45, 2.75) is 192 Å². The standard InChI is InChI=1S/C42H75N3O13S/c1-15-29-42(10,50)33(46)26(6)44-36(48)22(2)20-41(9,52-13)35(58-38-32-28(19-23(3)53-38)45(11)39(57-32)43-17-16-18-59-14)24(4)31(25(5)37(49)55-29)56-30-21-40(8,51-12)34(47)27(7)54-30/h22-35,38,46-47,50H,15-21H2,1-14H3,(H,44,48)/t22-,23-,24+,25-,26-,27+,28+,29-,30+,31+,32-,33-,34+,35-,38+,40-,41-,42-/m1/s1. The first-order valence-corrected chi connectivity index (χ1v) is 22.7. The number of carbonyl (C=O) groups is 2. The number of thioether (sulfide) groups is 1. The van der Waals surface area contributed by atoms with E-state index in [1.165, 1.54) is 14.0 Å². The number of amides is 1. The Bertz CT molecular complexity index is 1430. The van der Waals surface area contributed by atoms with E-state index in [-0.39, 0.29) is 37.3 Å². The van der Waals surface area contributed by atoms with Crippen LogP contribution in [0, 0.1) is 17.8 Å². The van der Waals surface area contributed by atoms with E-state index in [0.717, 1.165) is 12.2 Å². The molecule has 0 aromatic carbocycles. The molecule has 18 atom stereocenters. The van der Waals surface area contributed by atoms with Crippen LogP contribution in [0.1, 0.15) is 101 Å². The molecule has 17 heteroatoms. The van der Waals surface area contributed by atoms with E-state index in [2.05, 4.69) is 11.6 Å². The molecule has 0 aromatic heterocycles. The number of aliphatic hydroxyl groups is 3. The molecule has 0 aliphatic carbocycles. The fraction of sp³-hybridized carbons (Fsp3) is 0.929. The Morgan fingerprint density at radius 3 is 2.22 bits per heavy atom. The van der Waals surface area contributed by atoms with Gasteiger partial charge in [-0.15, -0.1) is 0 Å². The summed E-state index contributed by atoms with van der Waals surface area (Å²) in [5.74, 6) is -2.48.